The van der Waals surface area contributed by atoms with Crippen LogP contribution in [-0.2, 0) is 21.9 Å². The molecule has 5 rings (SSSR count). The van der Waals surface area contributed by atoms with E-state index in [2.05, 4.69) is 48.3 Å². The molecular weight excluding hydrogens is 656 g/mol. The zero-order chi connectivity index (χ0) is 35.2. The minimum atomic E-state index is -3.94. The topological polar surface area (TPSA) is 95.9 Å². The minimum absolute atomic E-state index is 0.120. The number of nitrogens with zero attached hydrogens (tertiary/aromatic N) is 1. The molecule has 1 saturated carbocycles. The van der Waals surface area contributed by atoms with Gasteiger partial charge in [-0.2, -0.15) is 0 Å². The highest BCUT2D eigenvalue weighted by Crippen LogP contribution is 2.46. The lowest BCUT2D eigenvalue weighted by Gasteiger charge is -2.45. The number of anilines is 1. The first-order valence-corrected chi connectivity index (χ1v) is 20.3. The van der Waals surface area contributed by atoms with Crippen LogP contribution in [0.15, 0.2) is 61.2 Å². The molecule has 7 nitrogen and oxygen atoms in total. The Morgan fingerprint density at radius 3 is 2.73 bits per heavy atom. The van der Waals surface area contributed by atoms with Crippen LogP contribution in [0.25, 0.3) is 0 Å². The smallest absolute Gasteiger partial charge is 0.264 e. The molecule has 1 aliphatic heterocycles. The number of rotatable bonds is 15. The predicted octanol–water partition coefficient (Wildman–Crippen LogP) is 8.39. The van der Waals surface area contributed by atoms with Crippen LogP contribution < -0.4 is 14.4 Å². The number of nitrogens with one attached hydrogen (secondary N) is 1. The van der Waals surface area contributed by atoms with E-state index >= 15 is 0 Å². The number of fused-ring (bicyclic) bond motifs is 3. The molecule has 0 radical (unpaired) electrons. The molecule has 2 aromatic carbocycles. The number of halogens is 1. The summed E-state index contributed by atoms with van der Waals surface area (Å²) in [6.07, 6.45) is 15.4. The number of amides is 1. The number of hydrogen-bond acceptors (Lipinski definition) is 6. The van der Waals surface area contributed by atoms with Crippen molar-refractivity contribution < 1.29 is 23.1 Å². The number of hydrogen-bond donors (Lipinski definition) is 2. The summed E-state index contributed by atoms with van der Waals surface area (Å²) in [6, 6.07) is 11.4. The van der Waals surface area contributed by atoms with Gasteiger partial charge in [0.2, 0.25) is 10.0 Å². The van der Waals surface area contributed by atoms with Crippen molar-refractivity contribution in [1.29, 1.82) is 0 Å². The Hall–Kier alpha value is -2.81. The van der Waals surface area contributed by atoms with E-state index in [0.29, 0.717) is 31.9 Å². The molecule has 2 aliphatic carbocycles. The Morgan fingerprint density at radius 2 is 2.02 bits per heavy atom. The molecule has 0 bridgehead atoms. The van der Waals surface area contributed by atoms with E-state index < -0.39 is 27.3 Å². The Bertz CT molecular complexity index is 1610. The molecule has 6 atom stereocenters. The first-order chi connectivity index (χ1) is 23.5. The van der Waals surface area contributed by atoms with Gasteiger partial charge in [-0.1, -0.05) is 69.0 Å². The average Bonchev–Trinajstić information content (AvgIpc) is 3.21. The van der Waals surface area contributed by atoms with Gasteiger partial charge >= 0.3 is 0 Å². The van der Waals surface area contributed by atoms with E-state index in [1.165, 1.54) is 11.1 Å². The Kier molecular flexibility index (Phi) is 12.6. The van der Waals surface area contributed by atoms with Crippen LogP contribution in [0.3, 0.4) is 0 Å². The largest absolute Gasteiger partial charge is 0.490 e. The number of unbranched alkanes of at least 4 members (excludes halogenated alkanes) is 2. The van der Waals surface area contributed by atoms with Crippen LogP contribution in [0, 0.1) is 17.8 Å². The van der Waals surface area contributed by atoms with Crippen molar-refractivity contribution >= 4 is 33.2 Å². The first-order valence-electron chi connectivity index (χ1n) is 18.3. The van der Waals surface area contributed by atoms with Crippen LogP contribution in [0.4, 0.5) is 5.69 Å². The fraction of sp³-hybridized carbons (Fsp3) is 0.575. The van der Waals surface area contributed by atoms with E-state index in [0.717, 1.165) is 74.9 Å². The van der Waals surface area contributed by atoms with E-state index in [1.807, 2.05) is 12.1 Å². The van der Waals surface area contributed by atoms with Gasteiger partial charge in [-0.15, -0.1) is 6.58 Å². The second-order valence-electron chi connectivity index (χ2n) is 14.6. The number of sulfonamides is 1. The summed E-state index contributed by atoms with van der Waals surface area (Å²) in [4.78, 5) is 16.0. The molecule has 9 heteroatoms. The quantitative estimate of drug-likeness (QED) is 0.180. The van der Waals surface area contributed by atoms with Crippen molar-refractivity contribution in [3.8, 4) is 5.75 Å². The zero-order valence-electron chi connectivity index (χ0n) is 29.5. The van der Waals surface area contributed by atoms with Crippen molar-refractivity contribution in [3.63, 3.8) is 0 Å². The van der Waals surface area contributed by atoms with Gasteiger partial charge in [-0.25, -0.2) is 13.1 Å². The fourth-order valence-electron chi connectivity index (χ4n) is 8.11. The normalized spacial score (nSPS) is 23.8. The standard InChI is InChI=1S/C40H55ClN2O5S/c1-5-8-10-15-37(44)34-19-16-32(34)25-43-26-40(22-11-14-30-23-33(41)18-20-35(30)40)27-48-38-21-17-31(24-36(38)43)39(45)42-49(46,47)28(4)29(12-7-3)13-9-6-2/h7,10,15,17-18,20-21,23-24,28-29,32,34,37,44H,3,5-6,8-9,11-14,16,19,22,25-27H2,1-2,4H3,(H,42,45)/b15-10+/t28-,29-,32+,34-,37+,40+/m1/s1. The molecule has 1 heterocycles. The lowest BCUT2D eigenvalue weighted by Crippen LogP contribution is -2.49. The van der Waals surface area contributed by atoms with Gasteiger partial charge in [0.15, 0.2) is 0 Å². The molecule has 2 aromatic rings. The van der Waals surface area contributed by atoms with E-state index in [4.69, 9.17) is 16.3 Å². The number of carbonyl (C=O) groups is 1. The number of allylic oxidation sites excluding steroid dienone is 2. The van der Waals surface area contributed by atoms with E-state index in [9.17, 15) is 18.3 Å². The first kappa shape index (κ1) is 37.4. The van der Waals surface area contributed by atoms with E-state index in [-0.39, 0.29) is 28.7 Å². The molecular formula is C40H55ClN2O5S. The third-order valence-corrected chi connectivity index (χ3v) is 13.3. The molecule has 1 amide bonds. The van der Waals surface area contributed by atoms with Crippen molar-refractivity contribution in [2.45, 2.75) is 108 Å². The average molecular weight is 711 g/mol. The molecule has 1 fully saturated rings. The number of carbonyl (C=O) groups excluding carboxylic acids is 1. The van der Waals surface area contributed by atoms with Crippen LogP contribution in [0.5, 0.6) is 5.75 Å². The summed E-state index contributed by atoms with van der Waals surface area (Å²) in [6.45, 7) is 11.6. The Morgan fingerprint density at radius 1 is 1.20 bits per heavy atom. The predicted molar refractivity (Wildman–Crippen MR) is 200 cm³/mol. The summed E-state index contributed by atoms with van der Waals surface area (Å²) in [7, 11) is -3.94. The summed E-state index contributed by atoms with van der Waals surface area (Å²) < 4.78 is 36.0. The van der Waals surface area contributed by atoms with Gasteiger partial charge in [-0.3, -0.25) is 4.79 Å². The lowest BCUT2D eigenvalue weighted by atomic mass is 9.68. The molecule has 0 unspecified atom stereocenters. The zero-order valence-corrected chi connectivity index (χ0v) is 31.1. The summed E-state index contributed by atoms with van der Waals surface area (Å²) in [5, 5.41) is 11.1. The second-order valence-corrected chi connectivity index (χ2v) is 17.1. The summed E-state index contributed by atoms with van der Waals surface area (Å²) in [5.74, 6) is 0.336. The number of aliphatic hydroxyl groups excluding tert-OH is 1. The number of aliphatic hydroxyl groups is 1. The highest BCUT2D eigenvalue weighted by atomic mass is 35.5. The molecule has 268 valence electrons. The maximum absolute atomic E-state index is 13.7. The lowest BCUT2D eigenvalue weighted by molar-refractivity contribution is 0.0456. The molecule has 0 aromatic heterocycles. The fourth-order valence-corrected chi connectivity index (χ4v) is 9.62. The maximum Gasteiger partial charge on any atom is 0.264 e. The maximum atomic E-state index is 13.7. The SMILES string of the molecule is C=CC[C@H](CCCC)[C@@H](C)S(=O)(=O)NC(=O)c1ccc2c(c1)N(C[C@@H]1CC[C@H]1[C@@H](O)/C=C/CCC)C[C@@]1(CCCc3cc(Cl)ccc31)CO2. The third kappa shape index (κ3) is 8.57. The van der Waals surface area contributed by atoms with Crippen LogP contribution in [0.1, 0.15) is 106 Å². The van der Waals surface area contributed by atoms with Crippen molar-refractivity contribution in [3.05, 3.63) is 82.9 Å². The number of aryl methyl sites for hydroxylation is 1. The van der Waals surface area contributed by atoms with Crippen LogP contribution >= 0.6 is 11.6 Å². The van der Waals surface area contributed by atoms with Gasteiger partial charge in [0.05, 0.1) is 23.6 Å². The van der Waals surface area contributed by atoms with Gasteiger partial charge in [0.1, 0.15) is 5.75 Å². The molecule has 0 saturated heterocycles. The highest BCUT2D eigenvalue weighted by molar-refractivity contribution is 7.90. The van der Waals surface area contributed by atoms with Crippen LogP contribution in [-0.4, -0.2) is 50.5 Å². The van der Waals surface area contributed by atoms with Crippen molar-refractivity contribution in [1.82, 2.24) is 4.72 Å². The van der Waals surface area contributed by atoms with Crippen LogP contribution in [0.2, 0.25) is 5.02 Å². The molecule has 1 spiro atoms. The van der Waals surface area contributed by atoms with Gasteiger partial charge < -0.3 is 14.7 Å². The van der Waals surface area contributed by atoms with E-state index in [1.54, 1.807) is 31.2 Å². The van der Waals surface area contributed by atoms with Gasteiger partial charge in [0.25, 0.3) is 5.91 Å². The summed E-state index contributed by atoms with van der Waals surface area (Å²) in [5.41, 5.74) is 3.28. The van der Waals surface area contributed by atoms with Crippen molar-refractivity contribution in [2.75, 3.05) is 24.6 Å². The highest BCUT2D eigenvalue weighted by Gasteiger charge is 2.44. The minimum Gasteiger partial charge on any atom is -0.490 e. The third-order valence-electron chi connectivity index (χ3n) is 11.2. The summed E-state index contributed by atoms with van der Waals surface area (Å²) >= 11 is 6.44. The number of benzene rings is 2. The van der Waals surface area contributed by atoms with Gasteiger partial charge in [-0.05, 0) is 118 Å². The molecule has 3 aliphatic rings. The monoisotopic (exact) mass is 710 g/mol. The Labute approximate surface area is 299 Å². The Balaban J connectivity index is 1.45. The molecule has 49 heavy (non-hydrogen) atoms. The number of ether oxygens (including phenoxy) is 1. The van der Waals surface area contributed by atoms with Gasteiger partial charge in [0, 0.05) is 29.1 Å². The molecule has 2 N–H and O–H groups in total. The van der Waals surface area contributed by atoms with Crippen molar-refractivity contribution in [2.24, 2.45) is 17.8 Å². The second kappa shape index (κ2) is 16.5.